The number of imidazole rings is 1. The van der Waals surface area contributed by atoms with Crippen LogP contribution in [0.1, 0.15) is 18.4 Å². The van der Waals surface area contributed by atoms with Crippen LogP contribution >= 0.6 is 0 Å². The highest BCUT2D eigenvalue weighted by atomic mass is 16.4. The number of carboxylic acids is 1. The van der Waals surface area contributed by atoms with Crippen LogP contribution in [-0.4, -0.2) is 34.1 Å². The van der Waals surface area contributed by atoms with Crippen molar-refractivity contribution in [2.45, 2.75) is 19.3 Å². The molecule has 0 amide bonds. The molecular weight excluding hydrogens is 242 g/mol. The fourth-order valence-electron chi connectivity index (χ4n) is 2.32. The summed E-state index contributed by atoms with van der Waals surface area (Å²) < 4.78 is 0. The van der Waals surface area contributed by atoms with E-state index >= 15 is 0 Å². The van der Waals surface area contributed by atoms with Crippen molar-refractivity contribution in [1.29, 1.82) is 0 Å². The molecule has 1 aliphatic carbocycles. The third-order valence-corrected chi connectivity index (χ3v) is 3.85. The zero-order valence-corrected chi connectivity index (χ0v) is 10.6. The van der Waals surface area contributed by atoms with Crippen LogP contribution in [0.5, 0.6) is 0 Å². The van der Waals surface area contributed by atoms with Crippen molar-refractivity contribution in [2.75, 3.05) is 13.1 Å². The summed E-state index contributed by atoms with van der Waals surface area (Å²) in [6.45, 7) is 1.38. The molecule has 1 aliphatic rings. The van der Waals surface area contributed by atoms with Crippen LogP contribution in [0.2, 0.25) is 0 Å². The van der Waals surface area contributed by atoms with E-state index in [0.717, 1.165) is 36.8 Å². The van der Waals surface area contributed by atoms with Gasteiger partial charge < -0.3 is 15.4 Å². The van der Waals surface area contributed by atoms with Gasteiger partial charge in [0.05, 0.1) is 22.8 Å². The number of H-pyrrole nitrogens is 1. The summed E-state index contributed by atoms with van der Waals surface area (Å²) >= 11 is 0. The summed E-state index contributed by atoms with van der Waals surface area (Å²) in [6, 6.07) is 6.16. The molecule has 100 valence electrons. The molecule has 3 rings (SSSR count). The molecule has 1 fully saturated rings. The lowest BCUT2D eigenvalue weighted by Gasteiger charge is -2.10. The average Bonchev–Trinajstić information content (AvgIpc) is 3.05. The molecular formula is C14H17N3O2. The van der Waals surface area contributed by atoms with Crippen LogP contribution in [0.15, 0.2) is 24.5 Å². The highest BCUT2D eigenvalue weighted by molar-refractivity contribution is 5.78. The maximum absolute atomic E-state index is 11.0. The largest absolute Gasteiger partial charge is 0.481 e. The molecule has 5 nitrogen and oxygen atoms in total. The van der Waals surface area contributed by atoms with Gasteiger partial charge in [0.1, 0.15) is 0 Å². The van der Waals surface area contributed by atoms with Crippen molar-refractivity contribution in [1.82, 2.24) is 15.3 Å². The zero-order chi connectivity index (χ0) is 13.3. The van der Waals surface area contributed by atoms with Gasteiger partial charge in [0.2, 0.25) is 0 Å². The predicted molar refractivity (Wildman–Crippen MR) is 72.0 cm³/mol. The van der Waals surface area contributed by atoms with Crippen molar-refractivity contribution in [3.8, 4) is 0 Å². The predicted octanol–water partition coefficient (Wildman–Crippen LogP) is 1.56. The quantitative estimate of drug-likeness (QED) is 0.688. The van der Waals surface area contributed by atoms with Gasteiger partial charge in [-0.1, -0.05) is 6.07 Å². The Hall–Kier alpha value is -1.88. The molecule has 2 aromatic rings. The van der Waals surface area contributed by atoms with Gasteiger partial charge in [0.15, 0.2) is 0 Å². The van der Waals surface area contributed by atoms with Crippen LogP contribution < -0.4 is 5.32 Å². The third kappa shape index (κ3) is 2.46. The Bertz CT molecular complexity index is 602. The molecule has 0 unspecified atom stereocenters. The number of rotatable bonds is 6. The summed E-state index contributed by atoms with van der Waals surface area (Å²) in [6.07, 6.45) is 4.19. The number of aromatic amines is 1. The van der Waals surface area contributed by atoms with E-state index in [1.165, 1.54) is 5.56 Å². The molecule has 0 spiro atoms. The van der Waals surface area contributed by atoms with Gasteiger partial charge in [-0.05, 0) is 43.5 Å². The van der Waals surface area contributed by atoms with E-state index in [9.17, 15) is 4.79 Å². The monoisotopic (exact) mass is 259 g/mol. The molecule has 1 aromatic carbocycles. The van der Waals surface area contributed by atoms with Crippen molar-refractivity contribution >= 4 is 17.0 Å². The van der Waals surface area contributed by atoms with E-state index in [1.54, 1.807) is 6.33 Å². The second kappa shape index (κ2) is 4.66. The Morgan fingerprint density at radius 3 is 3.05 bits per heavy atom. The fourth-order valence-corrected chi connectivity index (χ4v) is 2.32. The molecule has 1 heterocycles. The second-order valence-electron chi connectivity index (χ2n) is 5.27. The number of fused-ring (bicyclic) bond motifs is 1. The summed E-state index contributed by atoms with van der Waals surface area (Å²) in [4.78, 5) is 18.3. The Morgan fingerprint density at radius 1 is 1.47 bits per heavy atom. The normalized spacial score (nSPS) is 16.6. The van der Waals surface area contributed by atoms with Crippen LogP contribution in [0, 0.1) is 5.41 Å². The number of hydrogen-bond donors (Lipinski definition) is 3. The molecule has 3 N–H and O–H groups in total. The van der Waals surface area contributed by atoms with Gasteiger partial charge >= 0.3 is 5.97 Å². The average molecular weight is 259 g/mol. The molecule has 0 radical (unpaired) electrons. The number of hydrogen-bond acceptors (Lipinski definition) is 3. The SMILES string of the molecule is O=C(O)C1(CNCCc2ccc3nc[nH]c3c2)CC1. The summed E-state index contributed by atoms with van der Waals surface area (Å²) in [5.41, 5.74) is 2.76. The van der Waals surface area contributed by atoms with E-state index in [-0.39, 0.29) is 0 Å². The number of nitrogens with one attached hydrogen (secondary N) is 2. The molecule has 0 aliphatic heterocycles. The lowest BCUT2D eigenvalue weighted by atomic mass is 10.1. The maximum Gasteiger partial charge on any atom is 0.310 e. The number of benzene rings is 1. The van der Waals surface area contributed by atoms with Crippen molar-refractivity contribution < 1.29 is 9.90 Å². The van der Waals surface area contributed by atoms with Crippen LogP contribution in [-0.2, 0) is 11.2 Å². The van der Waals surface area contributed by atoms with Crippen LogP contribution in [0.3, 0.4) is 0 Å². The first kappa shape index (κ1) is 12.2. The van der Waals surface area contributed by atoms with Gasteiger partial charge in [-0.25, -0.2) is 4.98 Å². The van der Waals surface area contributed by atoms with E-state index < -0.39 is 11.4 Å². The highest BCUT2D eigenvalue weighted by Gasteiger charge is 2.49. The van der Waals surface area contributed by atoms with Crippen molar-refractivity contribution in [3.63, 3.8) is 0 Å². The minimum absolute atomic E-state index is 0.479. The number of carbonyl (C=O) groups is 1. The topological polar surface area (TPSA) is 78.0 Å². The summed E-state index contributed by atoms with van der Waals surface area (Å²) in [7, 11) is 0. The van der Waals surface area contributed by atoms with Gasteiger partial charge in [0, 0.05) is 6.54 Å². The number of carboxylic acid groups (broad SMARTS) is 1. The smallest absolute Gasteiger partial charge is 0.310 e. The fraction of sp³-hybridized carbons (Fsp3) is 0.429. The second-order valence-corrected chi connectivity index (χ2v) is 5.27. The first-order valence-electron chi connectivity index (χ1n) is 6.56. The molecule has 0 atom stereocenters. The molecule has 0 saturated heterocycles. The number of aliphatic carboxylic acids is 1. The maximum atomic E-state index is 11.0. The van der Waals surface area contributed by atoms with E-state index in [2.05, 4.69) is 27.4 Å². The van der Waals surface area contributed by atoms with E-state index in [1.807, 2.05) is 6.07 Å². The minimum atomic E-state index is -0.668. The molecule has 1 saturated carbocycles. The number of aromatic nitrogens is 2. The minimum Gasteiger partial charge on any atom is -0.481 e. The molecule has 0 bridgehead atoms. The summed E-state index contributed by atoms with van der Waals surface area (Å²) in [5.74, 6) is -0.668. The third-order valence-electron chi connectivity index (χ3n) is 3.85. The standard InChI is InChI=1S/C14H17N3O2/c18-13(19)14(4-5-14)8-15-6-3-10-1-2-11-12(7-10)17-9-16-11/h1-2,7,9,15H,3-6,8H2,(H,16,17)(H,18,19). The van der Waals surface area contributed by atoms with E-state index in [0.29, 0.717) is 6.54 Å². The van der Waals surface area contributed by atoms with Gasteiger partial charge in [-0.2, -0.15) is 0 Å². The zero-order valence-electron chi connectivity index (χ0n) is 10.6. The Balaban J connectivity index is 1.51. The van der Waals surface area contributed by atoms with Gasteiger partial charge in [0.25, 0.3) is 0 Å². The Labute approximate surface area is 111 Å². The van der Waals surface area contributed by atoms with Crippen LogP contribution in [0.25, 0.3) is 11.0 Å². The lowest BCUT2D eigenvalue weighted by Crippen LogP contribution is -2.31. The van der Waals surface area contributed by atoms with Gasteiger partial charge in [-0.3, -0.25) is 4.79 Å². The molecule has 19 heavy (non-hydrogen) atoms. The van der Waals surface area contributed by atoms with Crippen molar-refractivity contribution in [2.24, 2.45) is 5.41 Å². The van der Waals surface area contributed by atoms with Crippen molar-refractivity contribution in [3.05, 3.63) is 30.1 Å². The van der Waals surface area contributed by atoms with Crippen LogP contribution in [0.4, 0.5) is 0 Å². The highest BCUT2D eigenvalue weighted by Crippen LogP contribution is 2.45. The number of nitrogens with zero attached hydrogens (tertiary/aromatic N) is 1. The summed E-state index contributed by atoms with van der Waals surface area (Å²) in [5, 5.41) is 12.3. The molecule has 1 aromatic heterocycles. The molecule has 5 heteroatoms. The first-order chi connectivity index (χ1) is 9.20. The van der Waals surface area contributed by atoms with Gasteiger partial charge in [-0.15, -0.1) is 0 Å². The van der Waals surface area contributed by atoms with E-state index in [4.69, 9.17) is 5.11 Å². The Morgan fingerprint density at radius 2 is 2.32 bits per heavy atom. The Kier molecular flexibility index (Phi) is 2.98. The first-order valence-corrected chi connectivity index (χ1v) is 6.56. The lowest BCUT2D eigenvalue weighted by molar-refractivity contribution is -0.143.